The maximum absolute atomic E-state index is 11.3. The van der Waals surface area contributed by atoms with Crippen molar-refractivity contribution in [2.75, 3.05) is 5.73 Å². The third kappa shape index (κ3) is 4.15. The number of nitrogens with two attached hydrogens (primary N) is 1. The van der Waals surface area contributed by atoms with Gasteiger partial charge in [0.05, 0.1) is 6.33 Å². The summed E-state index contributed by atoms with van der Waals surface area (Å²) in [6, 6.07) is 0. The van der Waals surface area contributed by atoms with Gasteiger partial charge in [0.25, 0.3) is 0 Å². The highest BCUT2D eigenvalue weighted by molar-refractivity contribution is 5.82. The van der Waals surface area contributed by atoms with Gasteiger partial charge >= 0.3 is 5.97 Å². The highest BCUT2D eigenvalue weighted by Gasteiger charge is 2.48. The van der Waals surface area contributed by atoms with E-state index in [2.05, 4.69) is 47.6 Å². The van der Waals surface area contributed by atoms with E-state index in [1.165, 1.54) is 10.9 Å². The highest BCUT2D eigenvalue weighted by atomic mass is 16.6. The zero-order chi connectivity index (χ0) is 24.1. The number of rotatable bonds is 2. The van der Waals surface area contributed by atoms with E-state index in [9.17, 15) is 25.2 Å². The van der Waals surface area contributed by atoms with Crippen molar-refractivity contribution < 1.29 is 30.0 Å². The molecule has 0 aromatic carbocycles. The first-order chi connectivity index (χ1) is 15.4. The summed E-state index contributed by atoms with van der Waals surface area (Å²) < 4.78 is 6.64. The molecule has 6 unspecified atom stereocenters. The largest absolute Gasteiger partial charge is 0.479 e. The van der Waals surface area contributed by atoms with Crippen LogP contribution in [0.15, 0.2) is 6.33 Å². The number of aliphatic hydroxyl groups excluding tert-OH is 2. The third-order valence-electron chi connectivity index (χ3n) is 6.52. The van der Waals surface area contributed by atoms with E-state index in [-0.39, 0.29) is 34.1 Å². The fourth-order valence-electron chi connectivity index (χ4n) is 4.89. The Kier molecular flexibility index (Phi) is 5.82. The quantitative estimate of drug-likeness (QED) is 0.396. The lowest BCUT2D eigenvalue weighted by molar-refractivity contribution is -0.155. The maximum atomic E-state index is 11.3. The number of ether oxygens (including phenoxy) is 1. The monoisotopic (exact) mass is 459 g/mol. The van der Waals surface area contributed by atoms with Crippen LogP contribution in [-0.4, -0.2) is 69.8 Å². The Morgan fingerprint density at radius 1 is 1.27 bits per heavy atom. The minimum Gasteiger partial charge on any atom is -0.479 e. The van der Waals surface area contributed by atoms with Crippen molar-refractivity contribution in [1.29, 1.82) is 0 Å². The fraction of sp³-hybridized carbons (Fsp3) is 0.636. The van der Waals surface area contributed by atoms with Crippen molar-refractivity contribution in [3.63, 3.8) is 0 Å². The first-order valence-electron chi connectivity index (χ1n) is 10.9. The lowest BCUT2D eigenvalue weighted by Gasteiger charge is -2.43. The smallest absolute Gasteiger partial charge is 0.335 e. The maximum Gasteiger partial charge on any atom is 0.335 e. The zero-order valence-corrected chi connectivity index (χ0v) is 18.8. The van der Waals surface area contributed by atoms with Gasteiger partial charge in [-0.3, -0.25) is 4.57 Å². The number of hydrogen-bond acceptors (Lipinski definition) is 9. The molecule has 2 aromatic rings. The number of carboxylic acids is 1. The van der Waals surface area contributed by atoms with Crippen molar-refractivity contribution in [3.05, 3.63) is 12.2 Å². The summed E-state index contributed by atoms with van der Waals surface area (Å²) in [5.41, 5.74) is 5.10. The Labute approximate surface area is 190 Å². The predicted octanol–water partition coefficient (Wildman–Crippen LogP) is 0.431. The van der Waals surface area contributed by atoms with Gasteiger partial charge in [-0.05, 0) is 30.6 Å². The summed E-state index contributed by atoms with van der Waals surface area (Å²) >= 11 is 0. The topological polar surface area (TPSA) is 177 Å². The minimum absolute atomic E-state index is 0.0191. The summed E-state index contributed by atoms with van der Waals surface area (Å²) in [7, 11) is 0. The molecule has 0 spiro atoms. The number of carbonyl (C=O) groups is 1. The van der Waals surface area contributed by atoms with Crippen LogP contribution in [0.25, 0.3) is 11.2 Å². The molecular formula is C22H29N5O6. The van der Waals surface area contributed by atoms with Gasteiger partial charge in [0.1, 0.15) is 23.3 Å². The molecule has 178 valence electrons. The molecule has 6 atom stereocenters. The number of aromatic nitrogens is 4. The van der Waals surface area contributed by atoms with Gasteiger partial charge in [0.2, 0.25) is 5.82 Å². The molecule has 1 aliphatic carbocycles. The Hall–Kier alpha value is -2.78. The second-order valence-electron chi connectivity index (χ2n) is 9.86. The normalized spacial score (nSPS) is 32.5. The van der Waals surface area contributed by atoms with Crippen LogP contribution in [0, 0.1) is 23.2 Å². The van der Waals surface area contributed by atoms with E-state index in [1.807, 2.05) is 0 Å². The molecule has 0 radical (unpaired) electrons. The number of aliphatic carboxylic acids is 1. The molecule has 33 heavy (non-hydrogen) atoms. The number of aliphatic hydroxyl groups is 3. The van der Waals surface area contributed by atoms with Crippen LogP contribution in [-0.2, 0) is 9.53 Å². The SMILES string of the molecule is CC(C)(C)C1CCCCC1(O)C#Cc1nc(N)c2ncn(C3OC(C(=O)O)C(O)C3O)c2n1. The number of imidazole rings is 1. The van der Waals surface area contributed by atoms with E-state index in [0.29, 0.717) is 6.42 Å². The molecule has 1 saturated heterocycles. The molecule has 6 N–H and O–H groups in total. The third-order valence-corrected chi connectivity index (χ3v) is 6.52. The molecule has 11 nitrogen and oxygen atoms in total. The fourth-order valence-corrected chi connectivity index (χ4v) is 4.89. The van der Waals surface area contributed by atoms with Crippen LogP contribution in [0.4, 0.5) is 5.82 Å². The Morgan fingerprint density at radius 3 is 2.64 bits per heavy atom. The lowest BCUT2D eigenvalue weighted by atomic mass is 9.64. The van der Waals surface area contributed by atoms with Gasteiger partial charge in [-0.15, -0.1) is 0 Å². The number of carboxylic acid groups (broad SMARTS) is 1. The van der Waals surface area contributed by atoms with Crippen LogP contribution >= 0.6 is 0 Å². The van der Waals surface area contributed by atoms with E-state index >= 15 is 0 Å². The molecule has 1 saturated carbocycles. The summed E-state index contributed by atoms with van der Waals surface area (Å²) in [4.78, 5) is 24.0. The summed E-state index contributed by atoms with van der Waals surface area (Å²) in [6.45, 7) is 6.25. The number of nitrogens with zero attached hydrogens (tertiary/aromatic N) is 4. The first-order valence-corrected chi connectivity index (χ1v) is 10.9. The van der Waals surface area contributed by atoms with Gasteiger partial charge in [-0.25, -0.2) is 19.7 Å². The lowest BCUT2D eigenvalue weighted by Crippen LogP contribution is -2.45. The van der Waals surface area contributed by atoms with E-state index in [4.69, 9.17) is 10.5 Å². The van der Waals surface area contributed by atoms with Crippen LogP contribution in [0.1, 0.15) is 58.5 Å². The van der Waals surface area contributed by atoms with Gasteiger partial charge in [-0.1, -0.05) is 33.1 Å². The van der Waals surface area contributed by atoms with Gasteiger partial charge < -0.3 is 30.9 Å². The Bertz CT molecular complexity index is 1130. The number of anilines is 1. The molecule has 2 aromatic heterocycles. The molecule has 0 amide bonds. The highest BCUT2D eigenvalue weighted by Crippen LogP contribution is 2.44. The van der Waals surface area contributed by atoms with Crippen LogP contribution in [0.5, 0.6) is 0 Å². The number of fused-ring (bicyclic) bond motifs is 1. The second kappa shape index (κ2) is 8.22. The van der Waals surface area contributed by atoms with Gasteiger partial charge in [0, 0.05) is 5.92 Å². The zero-order valence-electron chi connectivity index (χ0n) is 18.8. The molecular weight excluding hydrogens is 430 g/mol. The number of hydrogen-bond donors (Lipinski definition) is 5. The van der Waals surface area contributed by atoms with Gasteiger partial charge in [-0.2, -0.15) is 0 Å². The molecule has 4 rings (SSSR count). The average Bonchev–Trinajstić information content (AvgIpc) is 3.28. The summed E-state index contributed by atoms with van der Waals surface area (Å²) in [5.74, 6) is 4.50. The van der Waals surface area contributed by atoms with Crippen molar-refractivity contribution in [2.24, 2.45) is 11.3 Å². The van der Waals surface area contributed by atoms with E-state index in [1.54, 1.807) is 0 Å². The van der Waals surface area contributed by atoms with Crippen molar-refractivity contribution >= 4 is 23.0 Å². The van der Waals surface area contributed by atoms with E-state index in [0.717, 1.165) is 19.3 Å². The second-order valence-corrected chi connectivity index (χ2v) is 9.86. The first kappa shape index (κ1) is 23.4. The van der Waals surface area contributed by atoms with E-state index < -0.39 is 36.1 Å². The molecule has 0 bridgehead atoms. The number of nitrogen functional groups attached to an aromatic ring is 1. The van der Waals surface area contributed by atoms with Crippen LogP contribution in [0.2, 0.25) is 0 Å². The predicted molar refractivity (Wildman–Crippen MR) is 117 cm³/mol. The summed E-state index contributed by atoms with van der Waals surface area (Å²) in [6.07, 6.45) is -1.39. The summed E-state index contributed by atoms with van der Waals surface area (Å²) in [5, 5.41) is 40.9. The average molecular weight is 460 g/mol. The van der Waals surface area contributed by atoms with Crippen LogP contribution in [0.3, 0.4) is 0 Å². The van der Waals surface area contributed by atoms with Crippen molar-refractivity contribution in [2.45, 2.75) is 76.6 Å². The van der Waals surface area contributed by atoms with Crippen LogP contribution < -0.4 is 5.73 Å². The van der Waals surface area contributed by atoms with Crippen molar-refractivity contribution in [1.82, 2.24) is 19.5 Å². The molecule has 2 fully saturated rings. The minimum atomic E-state index is -1.63. The van der Waals surface area contributed by atoms with Crippen molar-refractivity contribution in [3.8, 4) is 11.8 Å². The standard InChI is InChI=1S/C22H29N5O6/c1-21(2,3)11-6-4-5-8-22(11,32)9-7-12-25-17(23)13-18(26-12)27(10-24-13)19-15(29)14(28)16(33-19)20(30)31/h10-11,14-16,19,28-29,32H,4-6,8H2,1-3H3,(H,30,31)(H2,23,25,26). The Balaban J connectivity index is 1.72. The molecule has 2 aliphatic rings. The molecule has 3 heterocycles. The Morgan fingerprint density at radius 2 is 2.00 bits per heavy atom. The molecule has 1 aliphatic heterocycles. The molecule has 11 heteroatoms. The van der Waals surface area contributed by atoms with Gasteiger partial charge in [0.15, 0.2) is 23.8 Å².